The molecule has 0 unspecified atom stereocenters. The number of methoxy groups -OCH3 is 1. The molecule has 0 aliphatic heterocycles. The lowest BCUT2D eigenvalue weighted by Gasteiger charge is -2.20. The maximum atomic E-state index is 5.28. The quantitative estimate of drug-likeness (QED) is 0.579. The predicted octanol–water partition coefficient (Wildman–Crippen LogP) is 2.92. The third-order valence-corrected chi connectivity index (χ3v) is 4.10. The molecule has 0 N–H and O–H groups in total. The van der Waals surface area contributed by atoms with Crippen molar-refractivity contribution < 1.29 is 4.74 Å². The Morgan fingerprint density at radius 1 is 1.12 bits per heavy atom. The molecule has 0 aliphatic rings. The Kier molecular flexibility index (Phi) is 3.49. The van der Waals surface area contributed by atoms with Crippen LogP contribution >= 0.6 is 0 Å². The zero-order valence-corrected chi connectivity index (χ0v) is 13.5. The van der Waals surface area contributed by atoms with Gasteiger partial charge in [0.2, 0.25) is 0 Å². The summed E-state index contributed by atoms with van der Waals surface area (Å²) in [7, 11) is 3.70. The van der Waals surface area contributed by atoms with Gasteiger partial charge in [-0.3, -0.25) is 9.38 Å². The number of ether oxygens (including phenoxy) is 1. The maximum Gasteiger partial charge on any atom is 0.160 e. The summed E-state index contributed by atoms with van der Waals surface area (Å²) in [6.45, 7) is 0.649. The van der Waals surface area contributed by atoms with Gasteiger partial charge in [0, 0.05) is 36.6 Å². The summed E-state index contributed by atoms with van der Waals surface area (Å²) in [5.41, 5.74) is 2.85. The van der Waals surface area contributed by atoms with Gasteiger partial charge in [-0.25, -0.2) is 0 Å². The van der Waals surface area contributed by atoms with Gasteiger partial charge in [0.15, 0.2) is 11.5 Å². The van der Waals surface area contributed by atoms with Crippen LogP contribution in [0.1, 0.15) is 5.82 Å². The van der Waals surface area contributed by atoms with Crippen molar-refractivity contribution in [2.45, 2.75) is 6.54 Å². The summed E-state index contributed by atoms with van der Waals surface area (Å²) < 4.78 is 7.28. The molecule has 0 saturated heterocycles. The molecule has 0 radical (unpaired) electrons. The highest BCUT2D eigenvalue weighted by atomic mass is 16.5. The van der Waals surface area contributed by atoms with Crippen molar-refractivity contribution in [2.24, 2.45) is 0 Å². The molecule has 0 bridgehead atoms. The van der Waals surface area contributed by atoms with Crippen molar-refractivity contribution in [2.75, 3.05) is 19.1 Å². The van der Waals surface area contributed by atoms with Crippen LogP contribution in [0.3, 0.4) is 0 Å². The summed E-state index contributed by atoms with van der Waals surface area (Å²) >= 11 is 0. The van der Waals surface area contributed by atoms with Crippen molar-refractivity contribution in [3.8, 4) is 5.75 Å². The van der Waals surface area contributed by atoms with Gasteiger partial charge in [-0.1, -0.05) is 6.07 Å². The molecule has 0 aliphatic carbocycles. The van der Waals surface area contributed by atoms with Gasteiger partial charge < -0.3 is 9.64 Å². The smallest absolute Gasteiger partial charge is 0.160 e. The minimum absolute atomic E-state index is 0.649. The minimum Gasteiger partial charge on any atom is -0.497 e. The summed E-state index contributed by atoms with van der Waals surface area (Å²) in [5.74, 6) is 1.70. The molecule has 0 fully saturated rings. The second-order valence-corrected chi connectivity index (χ2v) is 5.61. The van der Waals surface area contributed by atoms with Crippen molar-refractivity contribution in [1.82, 2.24) is 19.6 Å². The van der Waals surface area contributed by atoms with Crippen molar-refractivity contribution in [1.29, 1.82) is 0 Å². The highest BCUT2D eigenvalue weighted by Crippen LogP contribution is 2.28. The van der Waals surface area contributed by atoms with E-state index in [1.807, 2.05) is 66.3 Å². The number of pyridine rings is 2. The van der Waals surface area contributed by atoms with Crippen molar-refractivity contribution in [3.63, 3.8) is 0 Å². The molecule has 3 aromatic heterocycles. The number of nitrogens with zero attached hydrogens (tertiary/aromatic N) is 5. The van der Waals surface area contributed by atoms with E-state index in [9.17, 15) is 0 Å². The van der Waals surface area contributed by atoms with Gasteiger partial charge in [0.05, 0.1) is 19.2 Å². The topological polar surface area (TPSA) is 55.5 Å². The molecule has 0 amide bonds. The van der Waals surface area contributed by atoms with Gasteiger partial charge in [-0.2, -0.15) is 0 Å². The standard InChI is InChI=1S/C18H17N5O/c1-22(12-18-21-20-17-5-3-4-10-23(17)18)16-8-9-19-15-11-13(24-2)6-7-14(15)16/h3-11H,12H2,1-2H3. The van der Waals surface area contributed by atoms with Crippen molar-refractivity contribution >= 4 is 22.2 Å². The first-order chi connectivity index (χ1) is 11.8. The first-order valence-corrected chi connectivity index (χ1v) is 7.69. The molecular weight excluding hydrogens is 302 g/mol. The number of aromatic nitrogens is 4. The van der Waals surface area contributed by atoms with Gasteiger partial charge in [-0.05, 0) is 30.3 Å². The third-order valence-electron chi connectivity index (χ3n) is 4.10. The van der Waals surface area contributed by atoms with Crippen LogP contribution in [0.4, 0.5) is 5.69 Å². The van der Waals surface area contributed by atoms with E-state index in [0.29, 0.717) is 6.54 Å². The van der Waals surface area contributed by atoms with Crippen LogP contribution < -0.4 is 9.64 Å². The number of hydrogen-bond acceptors (Lipinski definition) is 5. The first-order valence-electron chi connectivity index (χ1n) is 7.69. The lowest BCUT2D eigenvalue weighted by Crippen LogP contribution is -2.18. The van der Waals surface area contributed by atoms with Crippen LogP contribution in [0.25, 0.3) is 16.6 Å². The van der Waals surface area contributed by atoms with Crippen LogP contribution in [-0.4, -0.2) is 33.7 Å². The van der Waals surface area contributed by atoms with E-state index >= 15 is 0 Å². The Morgan fingerprint density at radius 2 is 2.04 bits per heavy atom. The Labute approximate surface area is 139 Å². The van der Waals surface area contributed by atoms with Crippen molar-refractivity contribution in [3.05, 3.63) is 60.7 Å². The monoisotopic (exact) mass is 319 g/mol. The second kappa shape index (κ2) is 5.81. The predicted molar refractivity (Wildman–Crippen MR) is 93.4 cm³/mol. The SMILES string of the molecule is COc1ccc2c(N(C)Cc3nnc4ccccn34)ccnc2c1. The number of hydrogen-bond donors (Lipinski definition) is 0. The minimum atomic E-state index is 0.649. The highest BCUT2D eigenvalue weighted by Gasteiger charge is 2.12. The fourth-order valence-corrected chi connectivity index (χ4v) is 2.87. The van der Waals surface area contributed by atoms with Gasteiger partial charge in [-0.15, -0.1) is 10.2 Å². The molecule has 4 rings (SSSR count). The first kappa shape index (κ1) is 14.4. The lowest BCUT2D eigenvalue weighted by atomic mass is 10.1. The van der Waals surface area contributed by atoms with Crippen LogP contribution in [0.2, 0.25) is 0 Å². The summed E-state index contributed by atoms with van der Waals surface area (Å²) in [5, 5.41) is 9.59. The fourth-order valence-electron chi connectivity index (χ4n) is 2.87. The van der Waals surface area contributed by atoms with Crippen LogP contribution in [0.15, 0.2) is 54.9 Å². The Morgan fingerprint density at radius 3 is 2.92 bits per heavy atom. The van der Waals surface area contributed by atoms with E-state index in [-0.39, 0.29) is 0 Å². The van der Waals surface area contributed by atoms with Gasteiger partial charge >= 0.3 is 0 Å². The Hall–Kier alpha value is -3.15. The molecule has 0 saturated carbocycles. The average Bonchev–Trinajstić information content (AvgIpc) is 3.03. The molecule has 1 aromatic carbocycles. The molecule has 24 heavy (non-hydrogen) atoms. The normalized spacial score (nSPS) is 11.1. The van der Waals surface area contributed by atoms with Gasteiger partial charge in [0.1, 0.15) is 5.75 Å². The summed E-state index contributed by atoms with van der Waals surface area (Å²) in [4.78, 5) is 6.59. The molecule has 0 spiro atoms. The number of fused-ring (bicyclic) bond motifs is 2. The molecular formula is C18H17N5O. The number of anilines is 1. The zero-order chi connectivity index (χ0) is 16.5. The fraction of sp³-hybridized carbons (Fsp3) is 0.167. The van der Waals surface area contributed by atoms with E-state index in [1.165, 1.54) is 0 Å². The largest absolute Gasteiger partial charge is 0.497 e. The van der Waals surface area contributed by atoms with Crippen LogP contribution in [0.5, 0.6) is 5.75 Å². The second-order valence-electron chi connectivity index (χ2n) is 5.61. The van der Waals surface area contributed by atoms with E-state index in [2.05, 4.69) is 20.1 Å². The van der Waals surface area contributed by atoms with Crippen LogP contribution in [-0.2, 0) is 6.54 Å². The maximum absolute atomic E-state index is 5.28. The van der Waals surface area contributed by atoms with E-state index in [0.717, 1.165) is 33.8 Å². The Balaban J connectivity index is 1.71. The molecule has 6 heteroatoms. The van der Waals surface area contributed by atoms with E-state index < -0.39 is 0 Å². The molecule has 3 heterocycles. The summed E-state index contributed by atoms with van der Waals surface area (Å²) in [6, 6.07) is 13.8. The third kappa shape index (κ3) is 2.42. The van der Waals surface area contributed by atoms with Gasteiger partial charge in [0.25, 0.3) is 0 Å². The molecule has 4 aromatic rings. The molecule has 120 valence electrons. The lowest BCUT2D eigenvalue weighted by molar-refractivity contribution is 0.415. The molecule has 0 atom stereocenters. The number of rotatable bonds is 4. The van der Waals surface area contributed by atoms with Crippen LogP contribution in [0, 0.1) is 0 Å². The zero-order valence-electron chi connectivity index (χ0n) is 13.5. The highest BCUT2D eigenvalue weighted by molar-refractivity contribution is 5.92. The van der Waals surface area contributed by atoms with E-state index in [1.54, 1.807) is 7.11 Å². The average molecular weight is 319 g/mol. The Bertz CT molecular complexity index is 1010. The summed E-state index contributed by atoms with van der Waals surface area (Å²) in [6.07, 6.45) is 3.80. The molecule has 6 nitrogen and oxygen atoms in total. The number of benzene rings is 1. The van der Waals surface area contributed by atoms with E-state index in [4.69, 9.17) is 4.74 Å².